The quantitative estimate of drug-likeness (QED) is 0.527. The Morgan fingerprint density at radius 2 is 1.87 bits per heavy atom. The number of nitrogens with zero attached hydrogens (tertiary/aromatic N) is 3. The SMILES string of the molecule is CCOC(=O)C(CC(C)C)NC(=O)N[C@H]1CC[C@@H](Nc2nccc(N(C)C)n2)CC1. The van der Waals surface area contributed by atoms with E-state index in [2.05, 4.69) is 25.9 Å². The average molecular weight is 421 g/mol. The first-order valence-electron chi connectivity index (χ1n) is 10.8. The van der Waals surface area contributed by atoms with Gasteiger partial charge in [0.15, 0.2) is 0 Å². The topological polar surface area (TPSA) is 108 Å². The first-order chi connectivity index (χ1) is 14.3. The Labute approximate surface area is 179 Å². The van der Waals surface area contributed by atoms with Crippen LogP contribution in [0.2, 0.25) is 0 Å². The highest BCUT2D eigenvalue weighted by atomic mass is 16.5. The van der Waals surface area contributed by atoms with E-state index in [-0.39, 0.29) is 30.0 Å². The van der Waals surface area contributed by atoms with Crippen molar-refractivity contribution in [2.75, 3.05) is 30.9 Å². The Hall–Kier alpha value is -2.58. The number of ether oxygens (including phenoxy) is 1. The zero-order chi connectivity index (χ0) is 22.1. The van der Waals surface area contributed by atoms with Gasteiger partial charge in [0.1, 0.15) is 11.9 Å². The van der Waals surface area contributed by atoms with E-state index in [9.17, 15) is 9.59 Å². The van der Waals surface area contributed by atoms with E-state index >= 15 is 0 Å². The Bertz CT molecular complexity index is 689. The molecule has 2 amide bonds. The van der Waals surface area contributed by atoms with Crippen LogP contribution in [0.4, 0.5) is 16.6 Å². The van der Waals surface area contributed by atoms with Crippen molar-refractivity contribution in [1.29, 1.82) is 0 Å². The Morgan fingerprint density at radius 1 is 1.20 bits per heavy atom. The van der Waals surface area contributed by atoms with Crippen molar-refractivity contribution in [2.24, 2.45) is 5.92 Å². The molecule has 9 nitrogen and oxygen atoms in total. The van der Waals surface area contributed by atoms with Gasteiger partial charge in [-0.3, -0.25) is 0 Å². The largest absolute Gasteiger partial charge is 0.464 e. The van der Waals surface area contributed by atoms with Gasteiger partial charge in [0.2, 0.25) is 5.95 Å². The second-order valence-electron chi connectivity index (χ2n) is 8.38. The molecule has 1 aliphatic carbocycles. The summed E-state index contributed by atoms with van der Waals surface area (Å²) in [5.41, 5.74) is 0. The predicted octanol–water partition coefficient (Wildman–Crippen LogP) is 2.54. The molecule has 9 heteroatoms. The molecule has 1 heterocycles. The van der Waals surface area contributed by atoms with E-state index in [4.69, 9.17) is 4.74 Å². The first-order valence-corrected chi connectivity index (χ1v) is 10.8. The van der Waals surface area contributed by atoms with Gasteiger partial charge >= 0.3 is 12.0 Å². The van der Waals surface area contributed by atoms with Gasteiger partial charge in [-0.2, -0.15) is 4.98 Å². The molecular weight excluding hydrogens is 384 g/mol. The standard InChI is InChI=1S/C21H36N6O3/c1-6-30-19(28)17(13-14(2)3)25-21(29)24-16-9-7-15(8-10-16)23-20-22-12-11-18(26-20)27(4)5/h11-12,14-17H,6-10,13H2,1-5H3,(H,22,23,26)(H2,24,25,29)/t15-,16+,17?. The smallest absolute Gasteiger partial charge is 0.328 e. The summed E-state index contributed by atoms with van der Waals surface area (Å²) in [6.45, 7) is 6.09. The van der Waals surface area contributed by atoms with Gasteiger partial charge in [0.05, 0.1) is 6.61 Å². The summed E-state index contributed by atoms with van der Waals surface area (Å²) in [5, 5.41) is 9.18. The molecule has 1 fully saturated rings. The summed E-state index contributed by atoms with van der Waals surface area (Å²) in [7, 11) is 3.89. The molecule has 1 aromatic heterocycles. The minimum Gasteiger partial charge on any atom is -0.464 e. The van der Waals surface area contributed by atoms with Crippen LogP contribution in [0.5, 0.6) is 0 Å². The second kappa shape index (κ2) is 11.6. The third-order valence-electron chi connectivity index (χ3n) is 5.08. The van der Waals surface area contributed by atoms with Crippen molar-refractivity contribution < 1.29 is 14.3 Å². The number of hydrogen-bond acceptors (Lipinski definition) is 7. The maximum Gasteiger partial charge on any atom is 0.328 e. The van der Waals surface area contributed by atoms with Crippen LogP contribution in [-0.2, 0) is 9.53 Å². The van der Waals surface area contributed by atoms with E-state index in [1.807, 2.05) is 38.9 Å². The van der Waals surface area contributed by atoms with Gasteiger partial charge < -0.3 is 25.6 Å². The fourth-order valence-corrected chi connectivity index (χ4v) is 3.55. The number of esters is 1. The maximum atomic E-state index is 12.4. The lowest BCUT2D eigenvalue weighted by atomic mass is 9.91. The molecule has 0 bridgehead atoms. The summed E-state index contributed by atoms with van der Waals surface area (Å²) in [6, 6.07) is 1.29. The van der Waals surface area contributed by atoms with Gasteiger partial charge in [-0.05, 0) is 51.0 Å². The van der Waals surface area contributed by atoms with Gasteiger partial charge in [-0.1, -0.05) is 13.8 Å². The van der Waals surface area contributed by atoms with Crippen molar-refractivity contribution >= 4 is 23.8 Å². The summed E-state index contributed by atoms with van der Waals surface area (Å²) in [5.74, 6) is 1.38. The highest BCUT2D eigenvalue weighted by Gasteiger charge is 2.26. The highest BCUT2D eigenvalue weighted by molar-refractivity contribution is 5.83. The van der Waals surface area contributed by atoms with Crippen LogP contribution in [0.3, 0.4) is 0 Å². The molecule has 0 spiro atoms. The molecule has 0 saturated heterocycles. The molecule has 168 valence electrons. The number of amides is 2. The van der Waals surface area contributed by atoms with Gasteiger partial charge in [-0.15, -0.1) is 0 Å². The number of aromatic nitrogens is 2. The van der Waals surface area contributed by atoms with Crippen LogP contribution in [0.15, 0.2) is 12.3 Å². The molecule has 1 atom stereocenters. The molecule has 3 N–H and O–H groups in total. The van der Waals surface area contributed by atoms with E-state index in [0.29, 0.717) is 19.0 Å². The fourth-order valence-electron chi connectivity index (χ4n) is 3.55. The van der Waals surface area contributed by atoms with Crippen LogP contribution in [0.1, 0.15) is 52.9 Å². The molecule has 0 aliphatic heterocycles. The van der Waals surface area contributed by atoms with Gasteiger partial charge in [0.25, 0.3) is 0 Å². The van der Waals surface area contributed by atoms with Gasteiger partial charge in [-0.25, -0.2) is 14.6 Å². The molecule has 1 unspecified atom stereocenters. The number of anilines is 2. The van der Waals surface area contributed by atoms with Crippen LogP contribution in [0.25, 0.3) is 0 Å². The van der Waals surface area contributed by atoms with Gasteiger partial charge in [0, 0.05) is 32.4 Å². The molecule has 1 saturated carbocycles. The van der Waals surface area contributed by atoms with Crippen molar-refractivity contribution in [1.82, 2.24) is 20.6 Å². The zero-order valence-corrected chi connectivity index (χ0v) is 18.8. The first kappa shape index (κ1) is 23.7. The Morgan fingerprint density at radius 3 is 2.47 bits per heavy atom. The number of rotatable bonds is 9. The lowest BCUT2D eigenvalue weighted by Crippen LogP contribution is -2.51. The highest BCUT2D eigenvalue weighted by Crippen LogP contribution is 2.21. The molecule has 1 aliphatic rings. The summed E-state index contributed by atoms with van der Waals surface area (Å²) in [6.07, 6.45) is 5.83. The number of nitrogens with one attached hydrogen (secondary N) is 3. The lowest BCUT2D eigenvalue weighted by molar-refractivity contribution is -0.145. The van der Waals surface area contributed by atoms with Crippen molar-refractivity contribution in [3.8, 4) is 0 Å². The minimum absolute atomic E-state index is 0.0824. The normalized spacial score (nSPS) is 19.7. The lowest BCUT2D eigenvalue weighted by Gasteiger charge is -2.30. The average Bonchev–Trinajstić information content (AvgIpc) is 2.69. The second-order valence-corrected chi connectivity index (χ2v) is 8.38. The summed E-state index contributed by atoms with van der Waals surface area (Å²) < 4.78 is 5.08. The van der Waals surface area contributed by atoms with E-state index in [1.165, 1.54) is 0 Å². The van der Waals surface area contributed by atoms with E-state index in [1.54, 1.807) is 13.1 Å². The van der Waals surface area contributed by atoms with E-state index < -0.39 is 6.04 Å². The fraction of sp³-hybridized carbons (Fsp3) is 0.714. The van der Waals surface area contributed by atoms with E-state index in [0.717, 1.165) is 31.5 Å². The molecule has 0 aromatic carbocycles. The van der Waals surface area contributed by atoms with Crippen LogP contribution < -0.4 is 20.9 Å². The molecule has 30 heavy (non-hydrogen) atoms. The number of carbonyl (C=O) groups is 2. The molecule has 0 radical (unpaired) electrons. The van der Waals surface area contributed by atoms with Crippen LogP contribution >= 0.6 is 0 Å². The van der Waals surface area contributed by atoms with Crippen molar-refractivity contribution in [3.05, 3.63) is 12.3 Å². The number of hydrogen-bond donors (Lipinski definition) is 3. The Kier molecular flexibility index (Phi) is 9.14. The summed E-state index contributed by atoms with van der Waals surface area (Å²) in [4.78, 5) is 35.3. The van der Waals surface area contributed by atoms with Crippen molar-refractivity contribution in [2.45, 2.75) is 71.0 Å². The Balaban J connectivity index is 1.79. The van der Waals surface area contributed by atoms with Crippen LogP contribution in [0, 0.1) is 5.92 Å². The third-order valence-corrected chi connectivity index (χ3v) is 5.08. The van der Waals surface area contributed by atoms with Crippen molar-refractivity contribution in [3.63, 3.8) is 0 Å². The molecular formula is C21H36N6O3. The minimum atomic E-state index is -0.621. The zero-order valence-electron chi connectivity index (χ0n) is 18.8. The summed E-state index contributed by atoms with van der Waals surface area (Å²) >= 11 is 0. The monoisotopic (exact) mass is 420 g/mol. The predicted molar refractivity (Wildman–Crippen MR) is 118 cm³/mol. The number of carbonyl (C=O) groups excluding carboxylic acids is 2. The maximum absolute atomic E-state index is 12.4. The van der Waals surface area contributed by atoms with Crippen LogP contribution in [-0.4, -0.2) is 60.8 Å². The number of urea groups is 1. The molecule has 2 rings (SSSR count). The molecule has 1 aromatic rings. The third kappa shape index (κ3) is 7.68.